The van der Waals surface area contributed by atoms with E-state index in [0.717, 1.165) is 12.8 Å². The van der Waals surface area contributed by atoms with E-state index < -0.39 is 0 Å². The molecule has 1 aromatic heterocycles. The molecule has 0 radical (unpaired) electrons. The van der Waals surface area contributed by atoms with Crippen LogP contribution in [0.2, 0.25) is 0 Å². The third-order valence-corrected chi connectivity index (χ3v) is 5.10. The molecule has 3 rings (SSSR count). The quantitative estimate of drug-likeness (QED) is 0.857. The molecule has 2 heterocycles. The molecule has 0 N–H and O–H groups in total. The second-order valence-corrected chi connectivity index (χ2v) is 6.48. The molecule has 1 saturated carbocycles. The lowest BCUT2D eigenvalue weighted by molar-refractivity contribution is -0.134. The third kappa shape index (κ3) is 2.89. The average molecular weight is 288 g/mol. The van der Waals surface area contributed by atoms with E-state index in [4.69, 9.17) is 0 Å². The molecule has 4 heteroatoms. The number of amides is 1. The molecule has 114 valence electrons. The maximum atomic E-state index is 12.6. The SMILES string of the molecule is CC1CC2CCCCC2N1C(=O)CCn1ccccc1=O. The second-order valence-electron chi connectivity index (χ2n) is 6.48. The van der Waals surface area contributed by atoms with Gasteiger partial charge in [-0.3, -0.25) is 9.59 Å². The highest BCUT2D eigenvalue weighted by atomic mass is 16.2. The van der Waals surface area contributed by atoms with Crippen LogP contribution in [-0.4, -0.2) is 27.5 Å². The number of aromatic nitrogens is 1. The van der Waals surface area contributed by atoms with E-state index >= 15 is 0 Å². The van der Waals surface area contributed by atoms with Gasteiger partial charge >= 0.3 is 0 Å². The van der Waals surface area contributed by atoms with Gasteiger partial charge in [-0.05, 0) is 38.2 Å². The third-order valence-electron chi connectivity index (χ3n) is 5.10. The van der Waals surface area contributed by atoms with Crippen LogP contribution in [0.1, 0.15) is 45.4 Å². The van der Waals surface area contributed by atoms with Gasteiger partial charge in [-0.15, -0.1) is 0 Å². The summed E-state index contributed by atoms with van der Waals surface area (Å²) in [6.07, 6.45) is 8.33. The topological polar surface area (TPSA) is 42.3 Å². The van der Waals surface area contributed by atoms with Gasteiger partial charge in [0.15, 0.2) is 0 Å². The van der Waals surface area contributed by atoms with Gasteiger partial charge in [0.1, 0.15) is 0 Å². The molecule has 4 nitrogen and oxygen atoms in total. The standard InChI is InChI=1S/C17H24N2O2/c1-13-12-14-6-2-3-7-15(14)19(13)17(21)9-11-18-10-5-4-8-16(18)20/h4-5,8,10,13-15H,2-3,6-7,9,11-12H2,1H3. The number of hydrogen-bond donors (Lipinski definition) is 0. The van der Waals surface area contributed by atoms with Crippen molar-refractivity contribution >= 4 is 5.91 Å². The van der Waals surface area contributed by atoms with Crippen molar-refractivity contribution in [3.05, 3.63) is 34.7 Å². The van der Waals surface area contributed by atoms with Gasteiger partial charge in [-0.25, -0.2) is 0 Å². The molecule has 0 spiro atoms. The van der Waals surface area contributed by atoms with E-state index in [1.165, 1.54) is 19.3 Å². The van der Waals surface area contributed by atoms with Crippen LogP contribution in [-0.2, 0) is 11.3 Å². The van der Waals surface area contributed by atoms with Crippen molar-refractivity contribution in [2.24, 2.45) is 5.92 Å². The fourth-order valence-electron chi connectivity index (χ4n) is 4.13. The predicted octanol–water partition coefficient (Wildman–Crippen LogP) is 2.42. The number of aryl methyl sites for hydroxylation is 1. The number of fused-ring (bicyclic) bond motifs is 1. The Morgan fingerprint density at radius 1 is 1.29 bits per heavy atom. The Morgan fingerprint density at radius 2 is 2.10 bits per heavy atom. The first kappa shape index (κ1) is 14.4. The Hall–Kier alpha value is -1.58. The summed E-state index contributed by atoms with van der Waals surface area (Å²) >= 11 is 0. The molecule has 1 aromatic rings. The van der Waals surface area contributed by atoms with Crippen molar-refractivity contribution in [3.8, 4) is 0 Å². The molecule has 1 aliphatic carbocycles. The van der Waals surface area contributed by atoms with Crippen LogP contribution in [0.3, 0.4) is 0 Å². The van der Waals surface area contributed by atoms with Gasteiger partial charge in [0.25, 0.3) is 5.56 Å². The summed E-state index contributed by atoms with van der Waals surface area (Å²) in [6.45, 7) is 2.66. The van der Waals surface area contributed by atoms with Gasteiger partial charge in [0, 0.05) is 37.3 Å². The van der Waals surface area contributed by atoms with Crippen molar-refractivity contribution in [1.29, 1.82) is 0 Å². The summed E-state index contributed by atoms with van der Waals surface area (Å²) < 4.78 is 1.62. The summed E-state index contributed by atoms with van der Waals surface area (Å²) in [5, 5.41) is 0. The molecule has 2 fully saturated rings. The van der Waals surface area contributed by atoms with Crippen molar-refractivity contribution in [2.75, 3.05) is 0 Å². The first-order chi connectivity index (χ1) is 10.2. The van der Waals surface area contributed by atoms with Gasteiger partial charge in [0.05, 0.1) is 0 Å². The van der Waals surface area contributed by atoms with Gasteiger partial charge < -0.3 is 9.47 Å². The minimum atomic E-state index is -0.0321. The number of rotatable bonds is 3. The molecular weight excluding hydrogens is 264 g/mol. The van der Waals surface area contributed by atoms with E-state index in [2.05, 4.69) is 11.8 Å². The lowest BCUT2D eigenvalue weighted by Gasteiger charge is -2.33. The van der Waals surface area contributed by atoms with Crippen LogP contribution in [0.4, 0.5) is 0 Å². The van der Waals surface area contributed by atoms with Crippen LogP contribution in [0, 0.1) is 5.92 Å². The molecule has 0 bridgehead atoms. The van der Waals surface area contributed by atoms with Crippen LogP contribution < -0.4 is 5.56 Å². The molecule has 21 heavy (non-hydrogen) atoms. The number of carbonyl (C=O) groups is 1. The van der Waals surface area contributed by atoms with Gasteiger partial charge in [0.2, 0.25) is 5.91 Å². The Labute approximate surface area is 125 Å². The largest absolute Gasteiger partial charge is 0.337 e. The lowest BCUT2D eigenvalue weighted by Crippen LogP contribution is -2.42. The molecule has 0 aromatic carbocycles. The van der Waals surface area contributed by atoms with E-state index in [1.807, 2.05) is 6.07 Å². The molecular formula is C17H24N2O2. The predicted molar refractivity (Wildman–Crippen MR) is 82.0 cm³/mol. The van der Waals surface area contributed by atoms with Gasteiger partial charge in [-0.1, -0.05) is 18.9 Å². The maximum absolute atomic E-state index is 12.6. The average Bonchev–Trinajstić information content (AvgIpc) is 2.82. The van der Waals surface area contributed by atoms with Crippen LogP contribution in [0.5, 0.6) is 0 Å². The Morgan fingerprint density at radius 3 is 2.90 bits per heavy atom. The highest BCUT2D eigenvalue weighted by Crippen LogP contribution is 2.39. The highest BCUT2D eigenvalue weighted by Gasteiger charge is 2.41. The maximum Gasteiger partial charge on any atom is 0.250 e. The molecule has 1 amide bonds. The normalized spacial score (nSPS) is 28.4. The summed E-state index contributed by atoms with van der Waals surface area (Å²) in [5.74, 6) is 0.921. The summed E-state index contributed by atoms with van der Waals surface area (Å²) in [4.78, 5) is 26.4. The number of nitrogens with zero attached hydrogens (tertiary/aromatic N) is 2. The zero-order valence-corrected chi connectivity index (χ0v) is 12.7. The fraction of sp³-hybridized carbons (Fsp3) is 0.647. The minimum Gasteiger partial charge on any atom is -0.337 e. The van der Waals surface area contributed by atoms with Crippen molar-refractivity contribution in [1.82, 2.24) is 9.47 Å². The summed E-state index contributed by atoms with van der Waals surface area (Å²) in [5.41, 5.74) is -0.0321. The smallest absolute Gasteiger partial charge is 0.250 e. The Bertz CT molecular complexity index is 566. The molecule has 3 unspecified atom stereocenters. The lowest BCUT2D eigenvalue weighted by atomic mass is 9.85. The number of hydrogen-bond acceptors (Lipinski definition) is 2. The molecule has 1 saturated heterocycles. The van der Waals surface area contributed by atoms with E-state index in [1.54, 1.807) is 22.9 Å². The summed E-state index contributed by atoms with van der Waals surface area (Å²) in [6, 6.07) is 5.92. The van der Waals surface area contributed by atoms with Crippen LogP contribution in [0.15, 0.2) is 29.2 Å². The first-order valence-electron chi connectivity index (χ1n) is 8.13. The second kappa shape index (κ2) is 6.04. The highest BCUT2D eigenvalue weighted by molar-refractivity contribution is 5.77. The van der Waals surface area contributed by atoms with Crippen LogP contribution >= 0.6 is 0 Å². The zero-order chi connectivity index (χ0) is 14.8. The molecule has 2 aliphatic rings. The number of likely N-dealkylation sites (tertiary alicyclic amines) is 1. The van der Waals surface area contributed by atoms with Crippen molar-refractivity contribution in [3.63, 3.8) is 0 Å². The summed E-state index contributed by atoms with van der Waals surface area (Å²) in [7, 11) is 0. The van der Waals surface area contributed by atoms with Crippen LogP contribution in [0.25, 0.3) is 0 Å². The van der Waals surface area contributed by atoms with Gasteiger partial charge in [-0.2, -0.15) is 0 Å². The monoisotopic (exact) mass is 288 g/mol. The first-order valence-corrected chi connectivity index (χ1v) is 8.13. The molecule has 1 aliphatic heterocycles. The van der Waals surface area contributed by atoms with Crippen molar-refractivity contribution in [2.45, 2.75) is 64.1 Å². The minimum absolute atomic E-state index is 0.0321. The van der Waals surface area contributed by atoms with E-state index in [-0.39, 0.29) is 11.5 Å². The zero-order valence-electron chi connectivity index (χ0n) is 12.7. The Kier molecular flexibility index (Phi) is 4.13. The number of carbonyl (C=O) groups excluding carboxylic acids is 1. The fourth-order valence-corrected chi connectivity index (χ4v) is 4.13. The molecule has 3 atom stereocenters. The van der Waals surface area contributed by atoms with E-state index in [0.29, 0.717) is 31.0 Å². The number of pyridine rings is 1. The van der Waals surface area contributed by atoms with E-state index in [9.17, 15) is 9.59 Å². The Balaban J connectivity index is 1.65. The van der Waals surface area contributed by atoms with Crippen molar-refractivity contribution < 1.29 is 4.79 Å².